The summed E-state index contributed by atoms with van der Waals surface area (Å²) < 4.78 is 0. The molecule has 0 saturated heterocycles. The lowest BCUT2D eigenvalue weighted by Crippen LogP contribution is -2.02. The number of fused-ring (bicyclic) bond motifs is 1. The van der Waals surface area contributed by atoms with Crippen molar-refractivity contribution in [2.45, 2.75) is 43.8 Å². The van der Waals surface area contributed by atoms with Crippen LogP contribution in [0.25, 0.3) is 16.7 Å². The van der Waals surface area contributed by atoms with Gasteiger partial charge in [-0.2, -0.15) is 0 Å². The van der Waals surface area contributed by atoms with Crippen LogP contribution >= 0.6 is 11.8 Å². The van der Waals surface area contributed by atoms with Crippen LogP contribution < -0.4 is 0 Å². The maximum atomic E-state index is 10.8. The Morgan fingerprint density at radius 1 is 0.966 bits per heavy atom. The van der Waals surface area contributed by atoms with E-state index < -0.39 is 0 Å². The van der Waals surface area contributed by atoms with Crippen LogP contribution in [0.15, 0.2) is 65.6 Å². The van der Waals surface area contributed by atoms with Gasteiger partial charge < -0.3 is 5.11 Å². The highest BCUT2D eigenvalue weighted by molar-refractivity contribution is 7.98. The van der Waals surface area contributed by atoms with Gasteiger partial charge in [-0.25, -0.2) is 0 Å². The van der Waals surface area contributed by atoms with Gasteiger partial charge in [-0.1, -0.05) is 49.7 Å². The summed E-state index contributed by atoms with van der Waals surface area (Å²) in [5, 5.41) is 20.0. The molecule has 29 heavy (non-hydrogen) atoms. The first-order valence-electron chi connectivity index (χ1n) is 10.0. The average molecular weight is 404 g/mol. The third kappa shape index (κ3) is 4.46. The Hall–Kier alpha value is -2.79. The molecular weight excluding hydrogens is 378 g/mol. The number of aryl methyl sites for hydroxylation is 2. The predicted molar refractivity (Wildman–Crippen MR) is 120 cm³/mol. The molecule has 4 aromatic rings. The van der Waals surface area contributed by atoms with Crippen molar-refractivity contribution >= 4 is 22.8 Å². The SMILES string of the molecule is CCCCc1cc(C)cc(-n2nc3ccc(SCc4ccccc4)cc3n2)c1O. The van der Waals surface area contributed by atoms with Gasteiger partial charge in [-0.05, 0) is 60.7 Å². The van der Waals surface area contributed by atoms with Gasteiger partial charge in [0.05, 0.1) is 0 Å². The van der Waals surface area contributed by atoms with Crippen molar-refractivity contribution in [3.05, 3.63) is 77.4 Å². The van der Waals surface area contributed by atoms with E-state index in [2.05, 4.69) is 59.6 Å². The fourth-order valence-corrected chi connectivity index (χ4v) is 4.26. The fraction of sp³-hybridized carbons (Fsp3) is 0.250. The largest absolute Gasteiger partial charge is 0.505 e. The Balaban J connectivity index is 1.61. The van der Waals surface area contributed by atoms with Crippen LogP contribution in [0.2, 0.25) is 0 Å². The molecule has 0 unspecified atom stereocenters. The van der Waals surface area contributed by atoms with E-state index >= 15 is 0 Å². The summed E-state index contributed by atoms with van der Waals surface area (Å²) in [6, 6.07) is 20.6. The normalized spacial score (nSPS) is 11.2. The molecule has 148 valence electrons. The number of aromatic nitrogens is 3. The Morgan fingerprint density at radius 2 is 1.76 bits per heavy atom. The zero-order valence-electron chi connectivity index (χ0n) is 16.8. The van der Waals surface area contributed by atoms with Gasteiger partial charge in [-0.15, -0.1) is 26.8 Å². The maximum Gasteiger partial charge on any atom is 0.146 e. The smallest absolute Gasteiger partial charge is 0.146 e. The Kier molecular flexibility index (Phi) is 5.86. The van der Waals surface area contributed by atoms with E-state index in [0.717, 1.165) is 52.1 Å². The van der Waals surface area contributed by atoms with E-state index in [-0.39, 0.29) is 5.75 Å². The summed E-state index contributed by atoms with van der Waals surface area (Å²) >= 11 is 1.78. The third-order valence-electron chi connectivity index (χ3n) is 4.93. The molecule has 4 rings (SSSR count). The molecule has 0 bridgehead atoms. The third-order valence-corrected chi connectivity index (χ3v) is 5.99. The van der Waals surface area contributed by atoms with Gasteiger partial charge in [0.15, 0.2) is 0 Å². The lowest BCUT2D eigenvalue weighted by molar-refractivity contribution is 0.459. The first kappa shape index (κ1) is 19.5. The monoisotopic (exact) mass is 403 g/mol. The second kappa shape index (κ2) is 8.70. The molecule has 0 spiro atoms. The number of benzene rings is 3. The van der Waals surface area contributed by atoms with Crippen molar-refractivity contribution in [2.75, 3.05) is 0 Å². The van der Waals surface area contributed by atoms with E-state index in [4.69, 9.17) is 0 Å². The molecule has 0 aliphatic carbocycles. The van der Waals surface area contributed by atoms with Crippen molar-refractivity contribution in [3.63, 3.8) is 0 Å². The van der Waals surface area contributed by atoms with Crippen LogP contribution in [0.4, 0.5) is 0 Å². The van der Waals surface area contributed by atoms with E-state index in [1.54, 1.807) is 16.6 Å². The standard InChI is InChI=1S/C24H25N3OS/c1-3-4-10-19-13-17(2)14-23(24(19)28)27-25-21-12-11-20(15-22(21)26-27)29-16-18-8-6-5-7-9-18/h5-9,11-15,28H,3-4,10,16H2,1-2H3. The van der Waals surface area contributed by atoms with Crippen LogP contribution in [0.3, 0.4) is 0 Å². The van der Waals surface area contributed by atoms with Crippen LogP contribution in [0.5, 0.6) is 5.75 Å². The molecule has 3 aromatic carbocycles. The molecule has 0 aliphatic heterocycles. The lowest BCUT2D eigenvalue weighted by atomic mass is 10.0. The molecule has 4 nitrogen and oxygen atoms in total. The predicted octanol–water partition coefficient (Wildman–Crippen LogP) is 6.07. The summed E-state index contributed by atoms with van der Waals surface area (Å²) in [4.78, 5) is 2.72. The molecule has 0 aliphatic rings. The van der Waals surface area contributed by atoms with Crippen molar-refractivity contribution in [2.24, 2.45) is 0 Å². The van der Waals surface area contributed by atoms with Crippen molar-refractivity contribution in [1.29, 1.82) is 0 Å². The summed E-state index contributed by atoms with van der Waals surface area (Å²) in [6.07, 6.45) is 3.00. The number of hydrogen-bond acceptors (Lipinski definition) is 4. The maximum absolute atomic E-state index is 10.8. The number of thioether (sulfide) groups is 1. The second-order valence-electron chi connectivity index (χ2n) is 7.31. The first-order valence-corrected chi connectivity index (χ1v) is 11.0. The Morgan fingerprint density at radius 3 is 2.55 bits per heavy atom. The van der Waals surface area contributed by atoms with Gasteiger partial charge >= 0.3 is 0 Å². The van der Waals surface area contributed by atoms with Crippen LogP contribution in [-0.2, 0) is 12.2 Å². The Labute approximate surface area is 175 Å². The molecule has 0 amide bonds. The van der Waals surface area contributed by atoms with Crippen molar-refractivity contribution in [1.82, 2.24) is 15.0 Å². The molecule has 1 aromatic heterocycles. The number of nitrogens with zero attached hydrogens (tertiary/aromatic N) is 3. The van der Waals surface area contributed by atoms with E-state index in [1.165, 1.54) is 5.56 Å². The molecule has 0 atom stereocenters. The quantitative estimate of drug-likeness (QED) is 0.381. The molecule has 0 radical (unpaired) electrons. The molecular formula is C24H25N3OS. The number of aromatic hydroxyl groups is 1. The minimum absolute atomic E-state index is 0.281. The molecule has 5 heteroatoms. The molecule has 1 N–H and O–H groups in total. The van der Waals surface area contributed by atoms with E-state index in [9.17, 15) is 5.11 Å². The minimum atomic E-state index is 0.281. The fourth-order valence-electron chi connectivity index (χ4n) is 3.38. The highest BCUT2D eigenvalue weighted by atomic mass is 32.2. The van der Waals surface area contributed by atoms with Gasteiger partial charge in [-0.3, -0.25) is 0 Å². The van der Waals surface area contributed by atoms with Gasteiger partial charge in [0.2, 0.25) is 0 Å². The van der Waals surface area contributed by atoms with Crippen LogP contribution in [0, 0.1) is 6.92 Å². The zero-order valence-corrected chi connectivity index (χ0v) is 17.6. The topological polar surface area (TPSA) is 50.9 Å². The zero-order chi connectivity index (χ0) is 20.2. The van der Waals surface area contributed by atoms with Crippen molar-refractivity contribution in [3.8, 4) is 11.4 Å². The average Bonchev–Trinajstić information content (AvgIpc) is 3.16. The molecule has 1 heterocycles. The number of rotatable bonds is 7. The number of phenols is 1. The summed E-state index contributed by atoms with van der Waals surface area (Å²) in [6.45, 7) is 4.20. The van der Waals surface area contributed by atoms with Gasteiger partial charge in [0.25, 0.3) is 0 Å². The molecule has 0 fully saturated rings. The number of hydrogen-bond donors (Lipinski definition) is 1. The van der Waals surface area contributed by atoms with Crippen molar-refractivity contribution < 1.29 is 5.11 Å². The summed E-state index contributed by atoms with van der Waals surface area (Å²) in [5.41, 5.74) is 5.66. The lowest BCUT2D eigenvalue weighted by Gasteiger charge is -2.10. The van der Waals surface area contributed by atoms with Crippen LogP contribution in [0.1, 0.15) is 36.5 Å². The minimum Gasteiger partial charge on any atom is -0.505 e. The number of phenolic OH excluding ortho intramolecular Hbond substituents is 1. The summed E-state index contributed by atoms with van der Waals surface area (Å²) in [5.74, 6) is 1.20. The van der Waals surface area contributed by atoms with Crippen LogP contribution in [-0.4, -0.2) is 20.1 Å². The second-order valence-corrected chi connectivity index (χ2v) is 8.36. The Bertz CT molecular complexity index is 1120. The summed E-state index contributed by atoms with van der Waals surface area (Å²) in [7, 11) is 0. The molecule has 0 saturated carbocycles. The van der Waals surface area contributed by atoms with Gasteiger partial charge in [0, 0.05) is 10.6 Å². The first-order chi connectivity index (χ1) is 14.1. The van der Waals surface area contributed by atoms with E-state index in [1.807, 2.05) is 25.1 Å². The highest BCUT2D eigenvalue weighted by Gasteiger charge is 2.14. The number of unbranched alkanes of at least 4 members (excludes halogenated alkanes) is 1. The van der Waals surface area contributed by atoms with Gasteiger partial charge in [0.1, 0.15) is 22.5 Å². The highest BCUT2D eigenvalue weighted by Crippen LogP contribution is 2.30. The van der Waals surface area contributed by atoms with E-state index in [0.29, 0.717) is 5.69 Å².